The molecule has 128 valence electrons. The highest BCUT2D eigenvalue weighted by Crippen LogP contribution is 2.28. The van der Waals surface area contributed by atoms with Crippen molar-refractivity contribution in [2.24, 2.45) is 13.0 Å². The maximum atomic E-state index is 12.2. The zero-order valence-electron chi connectivity index (χ0n) is 14.1. The van der Waals surface area contributed by atoms with Gasteiger partial charge in [0.2, 0.25) is 0 Å². The van der Waals surface area contributed by atoms with Crippen LogP contribution < -0.4 is 19.9 Å². The first-order valence-electron chi connectivity index (χ1n) is 8.21. The molecule has 0 N–H and O–H groups in total. The third-order valence-corrected chi connectivity index (χ3v) is 4.46. The van der Waals surface area contributed by atoms with Gasteiger partial charge in [0, 0.05) is 32.5 Å². The number of benzene rings is 1. The highest BCUT2D eigenvalue weighted by molar-refractivity contribution is 5.39. The monoisotopic (exact) mass is 329 g/mol. The molecule has 6 heteroatoms. The van der Waals surface area contributed by atoms with Crippen molar-refractivity contribution in [3.05, 3.63) is 47.0 Å². The lowest BCUT2D eigenvalue weighted by Crippen LogP contribution is -2.39. The SMILES string of the molecule is COc1ccccc1OCC1CCN(c2nccn(C)c2=O)CC1. The highest BCUT2D eigenvalue weighted by Gasteiger charge is 2.23. The zero-order valence-corrected chi connectivity index (χ0v) is 14.1. The third kappa shape index (κ3) is 3.53. The molecular weight excluding hydrogens is 306 g/mol. The molecule has 1 saturated heterocycles. The Labute approximate surface area is 141 Å². The van der Waals surface area contributed by atoms with E-state index in [2.05, 4.69) is 9.88 Å². The Hall–Kier alpha value is -2.50. The molecule has 2 heterocycles. The predicted octanol–water partition coefficient (Wildman–Crippen LogP) is 2.08. The molecule has 24 heavy (non-hydrogen) atoms. The molecule has 0 unspecified atom stereocenters. The Morgan fingerprint density at radius 3 is 2.62 bits per heavy atom. The van der Waals surface area contributed by atoms with Crippen LogP contribution in [0.25, 0.3) is 0 Å². The van der Waals surface area contributed by atoms with Gasteiger partial charge in [-0.15, -0.1) is 0 Å². The van der Waals surface area contributed by atoms with Crippen LogP contribution in [0.2, 0.25) is 0 Å². The number of hydrogen-bond acceptors (Lipinski definition) is 5. The molecule has 1 aromatic carbocycles. The fourth-order valence-corrected chi connectivity index (χ4v) is 2.96. The van der Waals surface area contributed by atoms with E-state index >= 15 is 0 Å². The third-order valence-electron chi connectivity index (χ3n) is 4.46. The average Bonchev–Trinajstić information content (AvgIpc) is 2.63. The number of hydrogen-bond donors (Lipinski definition) is 0. The summed E-state index contributed by atoms with van der Waals surface area (Å²) < 4.78 is 12.8. The summed E-state index contributed by atoms with van der Waals surface area (Å²) in [5, 5.41) is 0. The van der Waals surface area contributed by atoms with Crippen molar-refractivity contribution in [1.29, 1.82) is 0 Å². The van der Waals surface area contributed by atoms with Gasteiger partial charge < -0.3 is 18.9 Å². The first-order valence-corrected chi connectivity index (χ1v) is 8.21. The summed E-state index contributed by atoms with van der Waals surface area (Å²) in [5.74, 6) is 2.55. The minimum atomic E-state index is -0.0405. The molecule has 1 aliphatic heterocycles. The van der Waals surface area contributed by atoms with Gasteiger partial charge in [-0.1, -0.05) is 12.1 Å². The first kappa shape index (κ1) is 16.4. The van der Waals surface area contributed by atoms with Gasteiger partial charge in [0.25, 0.3) is 5.56 Å². The van der Waals surface area contributed by atoms with Gasteiger partial charge in [-0.2, -0.15) is 0 Å². The summed E-state index contributed by atoms with van der Waals surface area (Å²) in [7, 11) is 3.40. The molecule has 0 radical (unpaired) electrons. The van der Waals surface area contributed by atoms with Gasteiger partial charge in [-0.3, -0.25) is 4.79 Å². The standard InChI is InChI=1S/C18H23N3O3/c1-20-12-9-19-17(18(20)22)21-10-7-14(8-11-21)13-24-16-6-4-3-5-15(16)23-2/h3-6,9,12,14H,7-8,10-11,13H2,1-2H3. The van der Waals surface area contributed by atoms with E-state index in [0.717, 1.165) is 37.4 Å². The molecule has 0 saturated carbocycles. The number of anilines is 1. The average molecular weight is 329 g/mol. The zero-order chi connectivity index (χ0) is 16.9. The van der Waals surface area contributed by atoms with Crippen LogP contribution >= 0.6 is 0 Å². The number of ether oxygens (including phenoxy) is 2. The van der Waals surface area contributed by atoms with Gasteiger partial charge in [-0.25, -0.2) is 4.98 Å². The minimum Gasteiger partial charge on any atom is -0.493 e. The van der Waals surface area contributed by atoms with Crippen LogP contribution in [0.15, 0.2) is 41.5 Å². The lowest BCUT2D eigenvalue weighted by molar-refractivity contribution is 0.215. The van der Waals surface area contributed by atoms with Crippen LogP contribution in [0.3, 0.4) is 0 Å². The van der Waals surface area contributed by atoms with Crippen molar-refractivity contribution >= 4 is 5.82 Å². The number of rotatable bonds is 5. The van der Waals surface area contributed by atoms with Gasteiger partial charge >= 0.3 is 0 Å². The van der Waals surface area contributed by atoms with Crippen molar-refractivity contribution in [3.63, 3.8) is 0 Å². The summed E-state index contributed by atoms with van der Waals surface area (Å²) in [5.41, 5.74) is -0.0405. The second kappa shape index (κ2) is 7.38. The number of aryl methyl sites for hydroxylation is 1. The Morgan fingerprint density at radius 1 is 1.21 bits per heavy atom. The molecule has 3 rings (SSSR count). The Bertz CT molecular complexity index is 736. The highest BCUT2D eigenvalue weighted by atomic mass is 16.5. The second-order valence-corrected chi connectivity index (χ2v) is 6.06. The second-order valence-electron chi connectivity index (χ2n) is 6.06. The molecule has 6 nitrogen and oxygen atoms in total. The van der Waals surface area contributed by atoms with E-state index in [-0.39, 0.29) is 5.56 Å². The summed E-state index contributed by atoms with van der Waals surface area (Å²) in [6.45, 7) is 2.31. The van der Waals surface area contributed by atoms with Crippen LogP contribution in [-0.4, -0.2) is 36.4 Å². The van der Waals surface area contributed by atoms with E-state index in [1.807, 2.05) is 24.3 Å². The fraction of sp³-hybridized carbons (Fsp3) is 0.444. The molecule has 1 fully saturated rings. The first-order chi connectivity index (χ1) is 11.7. The summed E-state index contributed by atoms with van der Waals surface area (Å²) in [6.07, 6.45) is 5.32. The number of para-hydroxylation sites is 2. The van der Waals surface area contributed by atoms with E-state index in [1.165, 1.54) is 0 Å². The molecule has 0 aliphatic carbocycles. The normalized spacial score (nSPS) is 15.3. The van der Waals surface area contributed by atoms with E-state index in [4.69, 9.17) is 9.47 Å². The number of methoxy groups -OCH3 is 1. The number of piperidine rings is 1. The fourth-order valence-electron chi connectivity index (χ4n) is 2.96. The number of aromatic nitrogens is 2. The van der Waals surface area contributed by atoms with Crippen molar-refractivity contribution in [2.45, 2.75) is 12.8 Å². The maximum absolute atomic E-state index is 12.2. The molecule has 0 spiro atoms. The molecule has 2 aromatic rings. The van der Waals surface area contributed by atoms with Crippen molar-refractivity contribution in [3.8, 4) is 11.5 Å². The molecule has 0 atom stereocenters. The summed E-state index contributed by atoms with van der Waals surface area (Å²) in [6, 6.07) is 7.69. The van der Waals surface area contributed by atoms with Crippen LogP contribution in [0.1, 0.15) is 12.8 Å². The van der Waals surface area contributed by atoms with Crippen molar-refractivity contribution < 1.29 is 9.47 Å². The van der Waals surface area contributed by atoms with Crippen LogP contribution in [0, 0.1) is 5.92 Å². The molecule has 1 aromatic heterocycles. The van der Waals surface area contributed by atoms with E-state index in [9.17, 15) is 4.79 Å². The van der Waals surface area contributed by atoms with E-state index in [1.54, 1.807) is 31.1 Å². The van der Waals surface area contributed by atoms with E-state index < -0.39 is 0 Å². The van der Waals surface area contributed by atoms with Gasteiger partial charge in [0.1, 0.15) is 0 Å². The van der Waals surface area contributed by atoms with Gasteiger partial charge in [0.15, 0.2) is 17.3 Å². The molecular formula is C18H23N3O3. The van der Waals surface area contributed by atoms with Crippen LogP contribution in [0.4, 0.5) is 5.82 Å². The smallest absolute Gasteiger partial charge is 0.293 e. The Balaban J connectivity index is 1.56. The van der Waals surface area contributed by atoms with Crippen LogP contribution in [0.5, 0.6) is 11.5 Å². The summed E-state index contributed by atoms with van der Waals surface area (Å²) >= 11 is 0. The largest absolute Gasteiger partial charge is 0.493 e. The quantitative estimate of drug-likeness (QED) is 0.841. The summed E-state index contributed by atoms with van der Waals surface area (Å²) in [4.78, 5) is 18.5. The topological polar surface area (TPSA) is 56.6 Å². The van der Waals surface area contributed by atoms with Crippen molar-refractivity contribution in [2.75, 3.05) is 31.7 Å². The number of nitrogens with zero attached hydrogens (tertiary/aromatic N) is 3. The Morgan fingerprint density at radius 2 is 1.92 bits per heavy atom. The van der Waals surface area contributed by atoms with Gasteiger partial charge in [-0.05, 0) is 30.9 Å². The Kier molecular flexibility index (Phi) is 5.03. The maximum Gasteiger partial charge on any atom is 0.293 e. The minimum absolute atomic E-state index is 0.0405. The van der Waals surface area contributed by atoms with Crippen LogP contribution in [-0.2, 0) is 7.05 Å². The molecule has 1 aliphatic rings. The lowest BCUT2D eigenvalue weighted by Gasteiger charge is -2.32. The van der Waals surface area contributed by atoms with Crippen molar-refractivity contribution in [1.82, 2.24) is 9.55 Å². The predicted molar refractivity (Wildman–Crippen MR) is 92.9 cm³/mol. The van der Waals surface area contributed by atoms with Gasteiger partial charge in [0.05, 0.1) is 13.7 Å². The lowest BCUT2D eigenvalue weighted by atomic mass is 9.98. The molecule has 0 amide bonds. The molecule has 0 bridgehead atoms. The van der Waals surface area contributed by atoms with E-state index in [0.29, 0.717) is 18.3 Å².